The number of nitrogens with two attached hydrogens (primary N) is 1. The van der Waals surface area contributed by atoms with Crippen molar-refractivity contribution in [3.05, 3.63) is 0 Å². The van der Waals surface area contributed by atoms with E-state index >= 15 is 0 Å². The van der Waals surface area contributed by atoms with Crippen molar-refractivity contribution in [2.24, 2.45) is 11.7 Å². The molecule has 0 spiro atoms. The first-order valence-electron chi connectivity index (χ1n) is 6.42. The van der Waals surface area contributed by atoms with Gasteiger partial charge in [-0.15, -0.1) is 0 Å². The Balaban J connectivity index is 3.10. The summed E-state index contributed by atoms with van der Waals surface area (Å²) in [6.07, 6.45) is 11.0. The summed E-state index contributed by atoms with van der Waals surface area (Å²) in [4.78, 5) is 0. The minimum absolute atomic E-state index is 0.380. The van der Waals surface area contributed by atoms with Gasteiger partial charge in [-0.2, -0.15) is 0 Å². The Morgan fingerprint density at radius 3 is 2.07 bits per heavy atom. The fraction of sp³-hybridized carbons (Fsp3) is 1.00. The molecule has 0 aromatic rings. The van der Waals surface area contributed by atoms with Crippen LogP contribution in [0.25, 0.3) is 0 Å². The smallest absolute Gasteiger partial charge is 0.00130 e. The molecule has 86 valence electrons. The zero-order valence-corrected chi connectivity index (χ0v) is 10.4. The monoisotopic (exact) mass is 199 g/mol. The molecule has 0 aliphatic carbocycles. The molecule has 2 N–H and O–H groups in total. The highest BCUT2D eigenvalue weighted by Crippen LogP contribution is 2.15. The Hall–Kier alpha value is -0.0400. The molecule has 1 heteroatoms. The molecule has 0 fully saturated rings. The summed E-state index contributed by atoms with van der Waals surface area (Å²) in [5, 5.41) is 0. The van der Waals surface area contributed by atoms with Gasteiger partial charge in [0.2, 0.25) is 0 Å². The molecule has 0 aromatic heterocycles. The highest BCUT2D eigenvalue weighted by molar-refractivity contribution is 4.60. The van der Waals surface area contributed by atoms with Gasteiger partial charge in [-0.3, -0.25) is 0 Å². The molecular weight excluding hydrogens is 170 g/mol. The van der Waals surface area contributed by atoms with Crippen LogP contribution in [0.5, 0.6) is 0 Å². The van der Waals surface area contributed by atoms with Gasteiger partial charge in [-0.05, 0) is 19.3 Å². The number of rotatable bonds is 9. The topological polar surface area (TPSA) is 26.0 Å². The first-order chi connectivity index (χ1) is 6.66. The van der Waals surface area contributed by atoms with Crippen molar-refractivity contribution in [2.75, 3.05) is 0 Å². The minimum Gasteiger partial charge on any atom is -0.328 e. The third kappa shape index (κ3) is 10.0. The number of unbranched alkanes of at least 4 members (excludes halogenated alkanes) is 5. The second-order valence-electron chi connectivity index (χ2n) is 4.87. The molecule has 0 rings (SSSR count). The van der Waals surface area contributed by atoms with Crippen LogP contribution in [0.2, 0.25) is 0 Å². The Labute approximate surface area is 90.5 Å². The van der Waals surface area contributed by atoms with Crippen molar-refractivity contribution >= 4 is 0 Å². The Morgan fingerprint density at radius 2 is 1.50 bits per heavy atom. The third-order valence-electron chi connectivity index (χ3n) is 2.82. The van der Waals surface area contributed by atoms with Crippen LogP contribution in [0.1, 0.15) is 72.1 Å². The van der Waals surface area contributed by atoms with Gasteiger partial charge in [-0.25, -0.2) is 0 Å². The highest BCUT2D eigenvalue weighted by atomic mass is 14.6. The molecule has 0 radical (unpaired) electrons. The standard InChI is InChI=1S/C13H29N/c1-4-5-6-7-8-9-10-12(2)11-13(3)14/h12-13H,4-11,14H2,1-3H3. The molecule has 0 amide bonds. The average Bonchev–Trinajstić information content (AvgIpc) is 2.10. The summed E-state index contributed by atoms with van der Waals surface area (Å²) in [7, 11) is 0. The Kier molecular flexibility index (Phi) is 9.49. The Morgan fingerprint density at radius 1 is 0.929 bits per heavy atom. The largest absolute Gasteiger partial charge is 0.328 e. The second-order valence-corrected chi connectivity index (χ2v) is 4.87. The molecule has 0 aliphatic rings. The van der Waals surface area contributed by atoms with Crippen LogP contribution >= 0.6 is 0 Å². The molecule has 0 aliphatic heterocycles. The molecule has 1 nitrogen and oxygen atoms in total. The summed E-state index contributed by atoms with van der Waals surface area (Å²) < 4.78 is 0. The van der Waals surface area contributed by atoms with Gasteiger partial charge in [0, 0.05) is 6.04 Å². The summed E-state index contributed by atoms with van der Waals surface area (Å²) in [6, 6.07) is 0.380. The van der Waals surface area contributed by atoms with Crippen molar-refractivity contribution in [2.45, 2.75) is 78.2 Å². The quantitative estimate of drug-likeness (QED) is 0.556. The normalized spacial score (nSPS) is 15.4. The van der Waals surface area contributed by atoms with E-state index in [1.807, 2.05) is 0 Å². The van der Waals surface area contributed by atoms with Crippen LogP contribution in [-0.2, 0) is 0 Å². The lowest BCUT2D eigenvalue weighted by atomic mass is 9.96. The summed E-state index contributed by atoms with van der Waals surface area (Å²) in [5.41, 5.74) is 5.76. The van der Waals surface area contributed by atoms with Crippen molar-refractivity contribution in [1.29, 1.82) is 0 Å². The molecule has 0 saturated heterocycles. The van der Waals surface area contributed by atoms with Crippen molar-refractivity contribution in [1.82, 2.24) is 0 Å². The van der Waals surface area contributed by atoms with Crippen LogP contribution in [0, 0.1) is 5.92 Å². The van der Waals surface area contributed by atoms with Gasteiger partial charge in [0.25, 0.3) is 0 Å². The summed E-state index contributed by atoms with van der Waals surface area (Å²) in [5.74, 6) is 0.821. The minimum atomic E-state index is 0.380. The fourth-order valence-electron chi connectivity index (χ4n) is 2.03. The van der Waals surface area contributed by atoms with Gasteiger partial charge in [0.15, 0.2) is 0 Å². The zero-order chi connectivity index (χ0) is 10.8. The van der Waals surface area contributed by atoms with Crippen molar-refractivity contribution in [3.63, 3.8) is 0 Å². The maximum Gasteiger partial charge on any atom is 0.00130 e. The van der Waals surface area contributed by atoms with Gasteiger partial charge < -0.3 is 5.73 Å². The maximum absolute atomic E-state index is 5.76. The average molecular weight is 199 g/mol. The number of hydrogen-bond donors (Lipinski definition) is 1. The van der Waals surface area contributed by atoms with Gasteiger partial charge >= 0.3 is 0 Å². The van der Waals surface area contributed by atoms with Crippen LogP contribution in [-0.4, -0.2) is 6.04 Å². The molecule has 0 saturated carbocycles. The summed E-state index contributed by atoms with van der Waals surface area (Å²) in [6.45, 7) is 6.71. The highest BCUT2D eigenvalue weighted by Gasteiger charge is 2.04. The molecule has 14 heavy (non-hydrogen) atoms. The summed E-state index contributed by atoms with van der Waals surface area (Å²) >= 11 is 0. The predicted octanol–water partition coefficient (Wildman–Crippen LogP) is 4.11. The lowest BCUT2D eigenvalue weighted by Gasteiger charge is -2.13. The van der Waals surface area contributed by atoms with Crippen LogP contribution in [0.15, 0.2) is 0 Å². The van der Waals surface area contributed by atoms with E-state index in [1.165, 1.54) is 51.4 Å². The van der Waals surface area contributed by atoms with E-state index in [4.69, 9.17) is 5.73 Å². The second kappa shape index (κ2) is 9.51. The van der Waals surface area contributed by atoms with Gasteiger partial charge in [0.05, 0.1) is 0 Å². The van der Waals surface area contributed by atoms with E-state index in [1.54, 1.807) is 0 Å². The van der Waals surface area contributed by atoms with E-state index < -0.39 is 0 Å². The predicted molar refractivity (Wildman–Crippen MR) is 65.4 cm³/mol. The van der Waals surface area contributed by atoms with Crippen molar-refractivity contribution in [3.8, 4) is 0 Å². The molecule has 2 atom stereocenters. The van der Waals surface area contributed by atoms with E-state index in [-0.39, 0.29) is 0 Å². The molecule has 2 unspecified atom stereocenters. The maximum atomic E-state index is 5.76. The molecule has 0 bridgehead atoms. The lowest BCUT2D eigenvalue weighted by Crippen LogP contribution is -2.18. The van der Waals surface area contributed by atoms with Crippen LogP contribution < -0.4 is 5.73 Å². The van der Waals surface area contributed by atoms with Gasteiger partial charge in [0.1, 0.15) is 0 Å². The van der Waals surface area contributed by atoms with E-state index in [0.29, 0.717) is 6.04 Å². The molecule has 0 aromatic carbocycles. The van der Waals surface area contributed by atoms with E-state index in [9.17, 15) is 0 Å². The van der Waals surface area contributed by atoms with Crippen molar-refractivity contribution < 1.29 is 0 Å². The molecule has 0 heterocycles. The van der Waals surface area contributed by atoms with Crippen LogP contribution in [0.4, 0.5) is 0 Å². The van der Waals surface area contributed by atoms with Crippen LogP contribution in [0.3, 0.4) is 0 Å². The first kappa shape index (κ1) is 14.0. The molecular formula is C13H29N. The number of hydrogen-bond acceptors (Lipinski definition) is 1. The first-order valence-corrected chi connectivity index (χ1v) is 6.42. The SMILES string of the molecule is CCCCCCCCC(C)CC(C)N. The van der Waals surface area contributed by atoms with E-state index in [0.717, 1.165) is 5.92 Å². The van der Waals surface area contributed by atoms with Gasteiger partial charge in [-0.1, -0.05) is 58.8 Å². The Bertz CT molecular complexity index is 110. The lowest BCUT2D eigenvalue weighted by molar-refractivity contribution is 0.427. The zero-order valence-electron chi connectivity index (χ0n) is 10.4. The third-order valence-corrected chi connectivity index (χ3v) is 2.82. The van der Waals surface area contributed by atoms with E-state index in [2.05, 4.69) is 20.8 Å². The fourth-order valence-corrected chi connectivity index (χ4v) is 2.03.